The highest BCUT2D eigenvalue weighted by Gasteiger charge is 2.28. The molecule has 2 unspecified atom stereocenters. The summed E-state index contributed by atoms with van der Waals surface area (Å²) >= 11 is 0. The molecule has 21 heavy (non-hydrogen) atoms. The monoisotopic (exact) mass is 287 g/mol. The average molecular weight is 287 g/mol. The second-order valence-electron chi connectivity index (χ2n) is 5.86. The minimum absolute atomic E-state index is 0.0548. The molecule has 0 aromatic carbocycles. The molecule has 4 rings (SSSR count). The van der Waals surface area contributed by atoms with Crippen LogP contribution in [0, 0.1) is 0 Å². The largest absolute Gasteiger partial charge is 0.370 e. The summed E-state index contributed by atoms with van der Waals surface area (Å²) in [5, 5.41) is 0. The van der Waals surface area contributed by atoms with Gasteiger partial charge in [-0.1, -0.05) is 0 Å². The molecule has 2 fully saturated rings. The quantitative estimate of drug-likeness (QED) is 0.849. The summed E-state index contributed by atoms with van der Waals surface area (Å²) in [5.41, 5.74) is 1.87. The minimum atomic E-state index is 0.0548. The van der Waals surface area contributed by atoms with E-state index in [2.05, 4.69) is 9.55 Å². The standard InChI is InChI=1S/C16H21N3O2/c1-3-10-20-13(7-1)16-18-12-6-5-9-17-15(12)19(16)14-8-2-4-11-21-14/h5-6,9,13-14H,1-4,7-8,10-11H2. The summed E-state index contributed by atoms with van der Waals surface area (Å²) < 4.78 is 14.1. The lowest BCUT2D eigenvalue weighted by atomic mass is 10.1. The number of fused-ring (bicyclic) bond motifs is 1. The maximum atomic E-state index is 5.99. The summed E-state index contributed by atoms with van der Waals surface area (Å²) in [6, 6.07) is 3.96. The molecule has 2 aromatic rings. The van der Waals surface area contributed by atoms with Gasteiger partial charge in [0, 0.05) is 19.4 Å². The van der Waals surface area contributed by atoms with Crippen LogP contribution in [-0.2, 0) is 9.47 Å². The van der Waals surface area contributed by atoms with E-state index in [1.165, 1.54) is 12.8 Å². The molecule has 0 aliphatic carbocycles. The van der Waals surface area contributed by atoms with E-state index in [1.807, 2.05) is 18.3 Å². The topological polar surface area (TPSA) is 49.2 Å². The molecule has 2 aromatic heterocycles. The molecule has 5 nitrogen and oxygen atoms in total. The number of rotatable bonds is 2. The fourth-order valence-corrected chi connectivity index (χ4v) is 3.33. The zero-order valence-electron chi connectivity index (χ0n) is 12.2. The van der Waals surface area contributed by atoms with Crippen LogP contribution in [0.25, 0.3) is 11.2 Å². The molecule has 5 heteroatoms. The highest BCUT2D eigenvalue weighted by Crippen LogP contribution is 2.34. The number of hydrogen-bond donors (Lipinski definition) is 0. The van der Waals surface area contributed by atoms with Gasteiger partial charge in [0.1, 0.15) is 23.7 Å². The summed E-state index contributed by atoms with van der Waals surface area (Å²) in [6.07, 6.45) is 8.72. The van der Waals surface area contributed by atoms with Crippen molar-refractivity contribution in [1.29, 1.82) is 0 Å². The highest BCUT2D eigenvalue weighted by atomic mass is 16.5. The Morgan fingerprint density at radius 3 is 2.67 bits per heavy atom. The Morgan fingerprint density at radius 2 is 1.90 bits per heavy atom. The zero-order valence-corrected chi connectivity index (χ0v) is 12.2. The van der Waals surface area contributed by atoms with Crippen molar-refractivity contribution in [2.24, 2.45) is 0 Å². The molecule has 2 saturated heterocycles. The van der Waals surface area contributed by atoms with E-state index < -0.39 is 0 Å². The third kappa shape index (κ3) is 2.45. The molecule has 0 spiro atoms. The lowest BCUT2D eigenvalue weighted by Gasteiger charge is -2.29. The Balaban J connectivity index is 1.79. The molecular weight excluding hydrogens is 266 g/mol. The first-order valence-electron chi connectivity index (χ1n) is 7.99. The number of imidazole rings is 1. The number of aromatic nitrogens is 3. The van der Waals surface area contributed by atoms with Gasteiger partial charge in [0.15, 0.2) is 5.65 Å². The van der Waals surface area contributed by atoms with Crippen molar-refractivity contribution in [3.8, 4) is 0 Å². The second-order valence-corrected chi connectivity index (χ2v) is 5.86. The molecule has 0 radical (unpaired) electrons. The van der Waals surface area contributed by atoms with Crippen molar-refractivity contribution >= 4 is 11.2 Å². The maximum Gasteiger partial charge on any atom is 0.162 e. The average Bonchev–Trinajstić information content (AvgIpc) is 2.96. The van der Waals surface area contributed by atoms with Gasteiger partial charge in [-0.2, -0.15) is 0 Å². The normalized spacial score (nSPS) is 27.0. The van der Waals surface area contributed by atoms with Crippen LogP contribution in [0.3, 0.4) is 0 Å². The first kappa shape index (κ1) is 13.2. The van der Waals surface area contributed by atoms with Crippen molar-refractivity contribution in [2.75, 3.05) is 13.2 Å². The van der Waals surface area contributed by atoms with Crippen LogP contribution < -0.4 is 0 Å². The van der Waals surface area contributed by atoms with Gasteiger partial charge in [0.2, 0.25) is 0 Å². The molecule has 2 atom stereocenters. The van der Waals surface area contributed by atoms with Crippen molar-refractivity contribution in [3.63, 3.8) is 0 Å². The Bertz CT molecular complexity index is 613. The third-order valence-corrected chi connectivity index (χ3v) is 4.39. The first-order chi connectivity index (χ1) is 10.4. The summed E-state index contributed by atoms with van der Waals surface area (Å²) in [7, 11) is 0. The van der Waals surface area contributed by atoms with Gasteiger partial charge in [-0.25, -0.2) is 9.97 Å². The van der Waals surface area contributed by atoms with E-state index in [-0.39, 0.29) is 12.3 Å². The van der Waals surface area contributed by atoms with Gasteiger partial charge < -0.3 is 9.47 Å². The van der Waals surface area contributed by atoms with Gasteiger partial charge in [-0.05, 0) is 50.7 Å². The van der Waals surface area contributed by atoms with Gasteiger partial charge >= 0.3 is 0 Å². The zero-order chi connectivity index (χ0) is 14.1. The minimum Gasteiger partial charge on any atom is -0.370 e. The lowest BCUT2D eigenvalue weighted by Crippen LogP contribution is -2.23. The molecule has 0 bridgehead atoms. The Hall–Kier alpha value is -1.46. The fourth-order valence-electron chi connectivity index (χ4n) is 3.33. The van der Waals surface area contributed by atoms with Crippen LogP contribution in [0.2, 0.25) is 0 Å². The molecule has 0 amide bonds. The number of pyridine rings is 1. The van der Waals surface area contributed by atoms with Crippen LogP contribution in [0.5, 0.6) is 0 Å². The van der Waals surface area contributed by atoms with Crippen molar-refractivity contribution in [2.45, 2.75) is 50.9 Å². The summed E-state index contributed by atoms with van der Waals surface area (Å²) in [4.78, 5) is 9.34. The third-order valence-electron chi connectivity index (χ3n) is 4.39. The lowest BCUT2D eigenvalue weighted by molar-refractivity contribution is -0.0436. The van der Waals surface area contributed by atoms with E-state index in [0.29, 0.717) is 0 Å². The number of hydrogen-bond acceptors (Lipinski definition) is 4. The van der Waals surface area contributed by atoms with Crippen LogP contribution in [0.1, 0.15) is 56.7 Å². The van der Waals surface area contributed by atoms with Crippen LogP contribution >= 0.6 is 0 Å². The van der Waals surface area contributed by atoms with E-state index in [1.54, 1.807) is 0 Å². The first-order valence-corrected chi connectivity index (χ1v) is 7.99. The number of nitrogens with zero attached hydrogens (tertiary/aromatic N) is 3. The van der Waals surface area contributed by atoms with E-state index in [0.717, 1.165) is 55.9 Å². The van der Waals surface area contributed by atoms with E-state index >= 15 is 0 Å². The summed E-state index contributed by atoms with van der Waals surface area (Å²) in [5.74, 6) is 0.996. The van der Waals surface area contributed by atoms with Gasteiger partial charge in [0.05, 0.1) is 0 Å². The van der Waals surface area contributed by atoms with Crippen molar-refractivity contribution in [1.82, 2.24) is 14.5 Å². The molecule has 0 saturated carbocycles. The van der Waals surface area contributed by atoms with Crippen LogP contribution in [-0.4, -0.2) is 27.7 Å². The molecule has 112 valence electrons. The molecule has 2 aliphatic heterocycles. The summed E-state index contributed by atoms with van der Waals surface area (Å²) in [6.45, 7) is 1.65. The predicted octanol–water partition coefficient (Wildman–Crippen LogP) is 3.37. The van der Waals surface area contributed by atoms with Crippen LogP contribution in [0.15, 0.2) is 18.3 Å². The fraction of sp³-hybridized carbons (Fsp3) is 0.625. The smallest absolute Gasteiger partial charge is 0.162 e. The Kier molecular flexibility index (Phi) is 3.61. The van der Waals surface area contributed by atoms with Gasteiger partial charge in [-0.15, -0.1) is 0 Å². The van der Waals surface area contributed by atoms with Crippen molar-refractivity contribution < 1.29 is 9.47 Å². The molecule has 2 aliphatic rings. The maximum absolute atomic E-state index is 5.99. The predicted molar refractivity (Wildman–Crippen MR) is 78.9 cm³/mol. The van der Waals surface area contributed by atoms with Crippen molar-refractivity contribution in [3.05, 3.63) is 24.2 Å². The SMILES string of the molecule is c1cnc2c(c1)nc(C1CCCCO1)n2C1CCCCO1. The number of ether oxygens (including phenoxy) is 2. The highest BCUT2D eigenvalue weighted by molar-refractivity contribution is 5.71. The molecule has 4 heterocycles. The van der Waals surface area contributed by atoms with Crippen LogP contribution in [0.4, 0.5) is 0 Å². The van der Waals surface area contributed by atoms with E-state index in [4.69, 9.17) is 14.5 Å². The molecule has 0 N–H and O–H groups in total. The second kappa shape index (κ2) is 5.73. The van der Waals surface area contributed by atoms with Gasteiger partial charge in [-0.3, -0.25) is 4.57 Å². The van der Waals surface area contributed by atoms with E-state index in [9.17, 15) is 0 Å². The van der Waals surface area contributed by atoms with Gasteiger partial charge in [0.25, 0.3) is 0 Å². The Morgan fingerprint density at radius 1 is 1.05 bits per heavy atom. The molecular formula is C16H21N3O2. The Labute approximate surface area is 124 Å².